The quantitative estimate of drug-likeness (QED) is 0.785. The summed E-state index contributed by atoms with van der Waals surface area (Å²) in [6.07, 6.45) is 0.500. The number of halogens is 1. The molecular weight excluding hydrogens is 297 g/mol. The number of benzene rings is 1. The molecule has 3 saturated carbocycles. The number of amides is 1. The van der Waals surface area contributed by atoms with E-state index in [4.69, 9.17) is 0 Å². The molecule has 0 radical (unpaired) electrons. The molecule has 23 heavy (non-hydrogen) atoms. The predicted octanol–water partition coefficient (Wildman–Crippen LogP) is 1.38. The van der Waals surface area contributed by atoms with E-state index in [-0.39, 0.29) is 30.1 Å². The lowest BCUT2D eigenvalue weighted by atomic mass is 9.85. The minimum atomic E-state index is -1.79. The monoisotopic (exact) mass is 319 g/mol. The van der Waals surface area contributed by atoms with Crippen molar-refractivity contribution >= 4 is 5.91 Å². The third-order valence-electron chi connectivity index (χ3n) is 6.06. The fourth-order valence-electron chi connectivity index (χ4n) is 4.59. The van der Waals surface area contributed by atoms with Gasteiger partial charge in [0.1, 0.15) is 0 Å². The van der Waals surface area contributed by atoms with Crippen LogP contribution in [0.25, 0.3) is 0 Å². The van der Waals surface area contributed by atoms with Crippen LogP contribution in [0.2, 0.25) is 0 Å². The van der Waals surface area contributed by atoms with Crippen molar-refractivity contribution in [2.24, 2.45) is 17.8 Å². The molecule has 3 fully saturated rings. The van der Waals surface area contributed by atoms with Crippen molar-refractivity contribution in [2.45, 2.75) is 43.1 Å². The van der Waals surface area contributed by atoms with Gasteiger partial charge in [0, 0.05) is 18.9 Å². The first-order valence-corrected chi connectivity index (χ1v) is 8.39. The molecule has 124 valence electrons. The minimum Gasteiger partial charge on any atom is -0.390 e. The highest BCUT2D eigenvalue weighted by molar-refractivity contribution is 5.90. The fourth-order valence-corrected chi connectivity index (χ4v) is 4.59. The highest BCUT2D eigenvalue weighted by Gasteiger charge is 2.62. The molecule has 5 heteroatoms. The third-order valence-corrected chi connectivity index (χ3v) is 6.06. The molecule has 4 nitrogen and oxygen atoms in total. The summed E-state index contributed by atoms with van der Waals surface area (Å²) in [5.74, 6) is -0.607. The standard InChI is InChI=1S/C18H22FNO3/c19-18(8-14(18)10-4-2-1-3-5-10)17(23)20-9-12-6-11-7-13(12)16(22)15(11)21/h1-5,11-16,21-22H,6-9H2,(H,20,23)/t11-,12-,13-,14+,15+,16-,18+/m1/s1. The van der Waals surface area contributed by atoms with Gasteiger partial charge < -0.3 is 15.5 Å². The number of alkyl halides is 1. The number of hydrogen-bond acceptors (Lipinski definition) is 3. The zero-order valence-corrected chi connectivity index (χ0v) is 12.9. The molecule has 4 rings (SSSR count). The molecular formula is C18H22FNO3. The molecule has 3 N–H and O–H groups in total. The number of carbonyl (C=O) groups excluding carboxylic acids is 1. The molecule has 0 heterocycles. The van der Waals surface area contributed by atoms with Gasteiger partial charge in [0.15, 0.2) is 5.67 Å². The SMILES string of the molecule is O=C(NC[C@H]1C[C@@H]2C[C@H]1[C@@H](O)[C@H]2O)[C@]1(F)C[C@H]1c1ccccc1. The Bertz CT molecular complexity index is 608. The molecule has 1 aromatic rings. The molecule has 0 aliphatic heterocycles. The number of aliphatic hydroxyl groups is 2. The summed E-state index contributed by atoms with van der Waals surface area (Å²) in [4.78, 5) is 12.2. The van der Waals surface area contributed by atoms with Gasteiger partial charge in [-0.1, -0.05) is 30.3 Å². The fraction of sp³-hybridized carbons (Fsp3) is 0.611. The van der Waals surface area contributed by atoms with Crippen molar-refractivity contribution < 1.29 is 19.4 Å². The molecule has 1 aromatic carbocycles. The van der Waals surface area contributed by atoms with Gasteiger partial charge in [-0.3, -0.25) is 4.79 Å². The molecule has 3 aliphatic carbocycles. The smallest absolute Gasteiger partial charge is 0.258 e. The van der Waals surface area contributed by atoms with Gasteiger partial charge in [-0.2, -0.15) is 0 Å². The second-order valence-electron chi connectivity index (χ2n) is 7.38. The Balaban J connectivity index is 1.34. The summed E-state index contributed by atoms with van der Waals surface area (Å²) in [7, 11) is 0. The zero-order valence-electron chi connectivity index (χ0n) is 12.9. The topological polar surface area (TPSA) is 69.6 Å². The summed E-state index contributed by atoms with van der Waals surface area (Å²) >= 11 is 0. The van der Waals surface area contributed by atoms with Crippen molar-refractivity contribution in [1.29, 1.82) is 0 Å². The lowest BCUT2D eigenvalue weighted by Gasteiger charge is -2.30. The third kappa shape index (κ3) is 2.37. The summed E-state index contributed by atoms with van der Waals surface area (Å²) in [5, 5.41) is 22.5. The van der Waals surface area contributed by atoms with Crippen molar-refractivity contribution in [3.05, 3.63) is 35.9 Å². The maximum atomic E-state index is 14.7. The Labute approximate surface area is 134 Å². The van der Waals surface area contributed by atoms with Crippen molar-refractivity contribution in [1.82, 2.24) is 5.32 Å². The Hall–Kier alpha value is -1.46. The van der Waals surface area contributed by atoms with E-state index < -0.39 is 23.8 Å². The number of hydrogen-bond donors (Lipinski definition) is 3. The summed E-state index contributed by atoms with van der Waals surface area (Å²) < 4.78 is 14.7. The van der Waals surface area contributed by atoms with E-state index in [2.05, 4.69) is 5.32 Å². The van der Waals surface area contributed by atoms with Crippen LogP contribution in [0.5, 0.6) is 0 Å². The van der Waals surface area contributed by atoms with Crippen LogP contribution in [-0.2, 0) is 4.79 Å². The van der Waals surface area contributed by atoms with Gasteiger partial charge in [0.2, 0.25) is 0 Å². The number of carbonyl (C=O) groups is 1. The molecule has 2 bridgehead atoms. The molecule has 0 spiro atoms. The van der Waals surface area contributed by atoms with Gasteiger partial charge in [-0.05, 0) is 36.2 Å². The van der Waals surface area contributed by atoms with E-state index in [0.717, 1.165) is 18.4 Å². The van der Waals surface area contributed by atoms with Crippen LogP contribution in [0.1, 0.15) is 30.7 Å². The molecule has 3 aliphatic rings. The lowest BCUT2D eigenvalue weighted by molar-refractivity contribution is -0.128. The average molecular weight is 319 g/mol. The predicted molar refractivity (Wildman–Crippen MR) is 82.4 cm³/mol. The minimum absolute atomic E-state index is 0.0231. The van der Waals surface area contributed by atoms with Crippen molar-refractivity contribution in [2.75, 3.05) is 6.54 Å². The van der Waals surface area contributed by atoms with Crippen LogP contribution in [0.4, 0.5) is 4.39 Å². The molecule has 1 amide bonds. The molecule has 7 atom stereocenters. The first kappa shape index (κ1) is 15.1. The van der Waals surface area contributed by atoms with Crippen LogP contribution in [0, 0.1) is 17.8 Å². The van der Waals surface area contributed by atoms with E-state index in [1.165, 1.54) is 0 Å². The highest BCUT2D eigenvalue weighted by atomic mass is 19.1. The lowest BCUT2D eigenvalue weighted by Crippen LogP contribution is -2.43. The first-order chi connectivity index (χ1) is 11.0. The number of aliphatic hydroxyl groups excluding tert-OH is 2. The first-order valence-electron chi connectivity index (χ1n) is 8.39. The number of nitrogens with one attached hydrogen (secondary N) is 1. The molecule has 0 unspecified atom stereocenters. The Kier molecular flexibility index (Phi) is 3.46. The summed E-state index contributed by atoms with van der Waals surface area (Å²) in [6.45, 7) is 0.386. The van der Waals surface area contributed by atoms with Gasteiger partial charge in [0.05, 0.1) is 12.2 Å². The van der Waals surface area contributed by atoms with E-state index in [1.54, 1.807) is 0 Å². The van der Waals surface area contributed by atoms with E-state index >= 15 is 0 Å². The van der Waals surface area contributed by atoms with Crippen molar-refractivity contribution in [3.8, 4) is 0 Å². The van der Waals surface area contributed by atoms with Crippen LogP contribution in [-0.4, -0.2) is 40.5 Å². The second-order valence-corrected chi connectivity index (χ2v) is 7.38. The summed E-state index contributed by atoms with van der Waals surface area (Å²) in [5.41, 5.74) is -0.930. The van der Waals surface area contributed by atoms with Crippen LogP contribution in [0.3, 0.4) is 0 Å². The number of fused-ring (bicyclic) bond motifs is 2. The van der Waals surface area contributed by atoms with Gasteiger partial charge >= 0.3 is 0 Å². The van der Waals surface area contributed by atoms with Gasteiger partial charge in [-0.25, -0.2) is 4.39 Å². The molecule has 0 saturated heterocycles. The maximum absolute atomic E-state index is 14.7. The maximum Gasteiger partial charge on any atom is 0.258 e. The molecule has 0 aromatic heterocycles. The number of rotatable bonds is 4. The zero-order chi connectivity index (χ0) is 16.2. The highest BCUT2D eigenvalue weighted by Crippen LogP contribution is 2.55. The van der Waals surface area contributed by atoms with E-state index in [9.17, 15) is 19.4 Å². The van der Waals surface area contributed by atoms with Crippen LogP contribution >= 0.6 is 0 Å². The largest absolute Gasteiger partial charge is 0.390 e. The Morgan fingerprint density at radius 1 is 1.22 bits per heavy atom. The van der Waals surface area contributed by atoms with Gasteiger partial charge in [0.25, 0.3) is 5.91 Å². The van der Waals surface area contributed by atoms with Crippen LogP contribution < -0.4 is 5.32 Å². The average Bonchev–Trinajstić information content (AvgIpc) is 2.97. The Morgan fingerprint density at radius 2 is 1.96 bits per heavy atom. The van der Waals surface area contributed by atoms with E-state index in [0.29, 0.717) is 6.54 Å². The van der Waals surface area contributed by atoms with E-state index in [1.807, 2.05) is 30.3 Å². The van der Waals surface area contributed by atoms with Crippen LogP contribution in [0.15, 0.2) is 30.3 Å². The van der Waals surface area contributed by atoms with Gasteiger partial charge in [-0.15, -0.1) is 0 Å². The summed E-state index contributed by atoms with van der Waals surface area (Å²) in [6, 6.07) is 9.29. The second kappa shape index (κ2) is 5.28. The van der Waals surface area contributed by atoms with Crippen molar-refractivity contribution in [3.63, 3.8) is 0 Å². The normalized spacial score (nSPS) is 44.3. The Morgan fingerprint density at radius 3 is 2.61 bits per heavy atom.